The van der Waals surface area contributed by atoms with E-state index in [-0.39, 0.29) is 11.9 Å². The average Bonchev–Trinajstić information content (AvgIpc) is 3.12. The van der Waals surface area contributed by atoms with Crippen LogP contribution in [0.15, 0.2) is 66.3 Å². The van der Waals surface area contributed by atoms with E-state index < -0.39 is 0 Å². The Morgan fingerprint density at radius 3 is 2.66 bits per heavy atom. The molecule has 0 radical (unpaired) electrons. The number of allylic oxidation sites excluding steroid dienone is 1. The van der Waals surface area contributed by atoms with Crippen LogP contribution in [0.1, 0.15) is 34.7 Å². The third-order valence-corrected chi connectivity index (χ3v) is 5.96. The van der Waals surface area contributed by atoms with Gasteiger partial charge in [-0.05, 0) is 36.8 Å². The fourth-order valence-corrected chi connectivity index (χ4v) is 3.96. The first-order chi connectivity index (χ1) is 14.0. The molecule has 2 aromatic carbocycles. The van der Waals surface area contributed by atoms with Crippen molar-refractivity contribution in [3.63, 3.8) is 0 Å². The molecule has 1 amide bonds. The van der Waals surface area contributed by atoms with Gasteiger partial charge in [0.1, 0.15) is 0 Å². The number of benzene rings is 2. The van der Waals surface area contributed by atoms with Gasteiger partial charge in [0.15, 0.2) is 11.0 Å². The Morgan fingerprint density at radius 1 is 1.21 bits per heavy atom. The molecule has 29 heavy (non-hydrogen) atoms. The summed E-state index contributed by atoms with van der Waals surface area (Å²) in [7, 11) is 0. The van der Waals surface area contributed by atoms with Crippen molar-refractivity contribution in [1.29, 1.82) is 0 Å². The van der Waals surface area contributed by atoms with Crippen LogP contribution in [0.25, 0.3) is 0 Å². The van der Waals surface area contributed by atoms with Crippen molar-refractivity contribution >= 4 is 40.9 Å². The quantitative estimate of drug-likeness (QED) is 0.363. The third-order valence-electron chi connectivity index (χ3n) is 4.18. The molecule has 150 valence electrons. The third kappa shape index (κ3) is 5.41. The molecule has 0 bridgehead atoms. The van der Waals surface area contributed by atoms with Gasteiger partial charge in [-0.2, -0.15) is 0 Å². The minimum absolute atomic E-state index is 0.156. The highest BCUT2D eigenvalue weighted by Gasteiger charge is 2.20. The number of amides is 1. The molecule has 0 aliphatic rings. The summed E-state index contributed by atoms with van der Waals surface area (Å²) in [6.07, 6.45) is 1.78. The number of aromatic nitrogens is 3. The number of hydrogen-bond acceptors (Lipinski definition) is 4. The van der Waals surface area contributed by atoms with Gasteiger partial charge in [-0.1, -0.05) is 65.3 Å². The van der Waals surface area contributed by atoms with E-state index in [2.05, 4.69) is 22.1 Å². The van der Waals surface area contributed by atoms with Gasteiger partial charge in [0.25, 0.3) is 5.91 Å². The molecule has 1 atom stereocenters. The normalized spacial score (nSPS) is 11.8. The smallest absolute Gasteiger partial charge is 0.251 e. The van der Waals surface area contributed by atoms with Crippen molar-refractivity contribution in [2.75, 3.05) is 0 Å². The largest absolute Gasteiger partial charge is 0.342 e. The van der Waals surface area contributed by atoms with Gasteiger partial charge in [-0.3, -0.25) is 4.79 Å². The minimum atomic E-state index is -0.311. The molecule has 1 aromatic heterocycles. The molecule has 0 unspecified atom stereocenters. The SMILES string of the molecule is C=CCn1c(SCc2ccc(Cl)c(Cl)c2)nnc1[C@H](C)NC(=O)c1ccccc1. The van der Waals surface area contributed by atoms with Gasteiger partial charge >= 0.3 is 0 Å². The zero-order valence-corrected chi connectivity index (χ0v) is 18.1. The molecule has 3 rings (SSSR count). The van der Waals surface area contributed by atoms with E-state index in [1.807, 2.05) is 41.8 Å². The predicted molar refractivity (Wildman–Crippen MR) is 119 cm³/mol. The van der Waals surface area contributed by atoms with Crippen molar-refractivity contribution < 1.29 is 4.79 Å². The molecule has 0 saturated heterocycles. The standard InChI is InChI=1S/C21H20Cl2N4OS/c1-3-11-27-19(14(2)24-20(28)16-7-5-4-6-8-16)25-26-21(27)29-13-15-9-10-17(22)18(23)12-15/h3-10,12,14H,1,11,13H2,2H3,(H,24,28)/t14-/m0/s1. The van der Waals surface area contributed by atoms with E-state index in [0.29, 0.717) is 33.7 Å². The Kier molecular flexibility index (Phi) is 7.36. The lowest BCUT2D eigenvalue weighted by atomic mass is 10.2. The van der Waals surface area contributed by atoms with E-state index in [9.17, 15) is 4.79 Å². The lowest BCUT2D eigenvalue weighted by Gasteiger charge is -2.15. The molecule has 0 saturated carbocycles. The number of nitrogens with one attached hydrogen (secondary N) is 1. The molecule has 1 N–H and O–H groups in total. The average molecular weight is 447 g/mol. The zero-order chi connectivity index (χ0) is 20.8. The Labute approximate surface area is 184 Å². The van der Waals surface area contributed by atoms with E-state index >= 15 is 0 Å². The first kappa shape index (κ1) is 21.4. The summed E-state index contributed by atoms with van der Waals surface area (Å²) in [5.41, 5.74) is 1.63. The van der Waals surface area contributed by atoms with Gasteiger partial charge in [-0.25, -0.2) is 0 Å². The lowest BCUT2D eigenvalue weighted by Crippen LogP contribution is -2.28. The number of nitrogens with zero attached hydrogens (tertiary/aromatic N) is 3. The van der Waals surface area contributed by atoms with Crippen LogP contribution in [0, 0.1) is 0 Å². The molecular weight excluding hydrogens is 427 g/mol. The maximum absolute atomic E-state index is 12.5. The van der Waals surface area contributed by atoms with Crippen LogP contribution < -0.4 is 5.32 Å². The molecule has 3 aromatic rings. The van der Waals surface area contributed by atoms with Crippen LogP contribution in [-0.2, 0) is 12.3 Å². The van der Waals surface area contributed by atoms with Crippen LogP contribution in [0.2, 0.25) is 10.0 Å². The second-order valence-corrected chi connectivity index (χ2v) is 8.10. The fourth-order valence-electron chi connectivity index (χ4n) is 2.74. The highest BCUT2D eigenvalue weighted by Crippen LogP contribution is 2.28. The Morgan fingerprint density at radius 2 is 1.97 bits per heavy atom. The molecule has 8 heteroatoms. The van der Waals surface area contributed by atoms with Crippen molar-refractivity contribution in [1.82, 2.24) is 20.1 Å². The van der Waals surface area contributed by atoms with E-state index in [1.165, 1.54) is 11.8 Å². The van der Waals surface area contributed by atoms with Crippen LogP contribution >= 0.6 is 35.0 Å². The van der Waals surface area contributed by atoms with Crippen LogP contribution in [0.4, 0.5) is 0 Å². The lowest BCUT2D eigenvalue weighted by molar-refractivity contribution is 0.0937. The molecule has 0 aliphatic heterocycles. The topological polar surface area (TPSA) is 59.8 Å². The predicted octanol–water partition coefficient (Wildman–Crippen LogP) is 5.55. The van der Waals surface area contributed by atoms with Gasteiger partial charge < -0.3 is 9.88 Å². The first-order valence-electron chi connectivity index (χ1n) is 8.96. The van der Waals surface area contributed by atoms with Gasteiger partial charge in [0.2, 0.25) is 0 Å². The fraction of sp³-hybridized carbons (Fsp3) is 0.190. The highest BCUT2D eigenvalue weighted by molar-refractivity contribution is 7.98. The molecule has 0 aliphatic carbocycles. The Balaban J connectivity index is 1.74. The van der Waals surface area contributed by atoms with Crippen molar-refractivity contribution in [2.45, 2.75) is 30.4 Å². The van der Waals surface area contributed by atoms with Gasteiger partial charge in [-0.15, -0.1) is 16.8 Å². The van der Waals surface area contributed by atoms with Gasteiger partial charge in [0, 0.05) is 17.9 Å². The summed E-state index contributed by atoms with van der Waals surface area (Å²) in [5.74, 6) is 1.18. The Bertz CT molecular complexity index is 1010. The molecular formula is C21H20Cl2N4OS. The second-order valence-electron chi connectivity index (χ2n) is 6.34. The summed E-state index contributed by atoms with van der Waals surface area (Å²) < 4.78 is 1.95. The summed E-state index contributed by atoms with van der Waals surface area (Å²) in [4.78, 5) is 12.5. The number of hydrogen-bond donors (Lipinski definition) is 1. The number of rotatable bonds is 8. The zero-order valence-electron chi connectivity index (χ0n) is 15.8. The summed E-state index contributed by atoms with van der Waals surface area (Å²) >= 11 is 13.6. The summed E-state index contributed by atoms with van der Waals surface area (Å²) in [6, 6.07) is 14.3. The summed E-state index contributed by atoms with van der Waals surface area (Å²) in [5, 5.41) is 13.4. The van der Waals surface area contributed by atoms with E-state index in [4.69, 9.17) is 23.2 Å². The molecule has 0 spiro atoms. The summed E-state index contributed by atoms with van der Waals surface area (Å²) in [6.45, 7) is 6.25. The first-order valence-corrected chi connectivity index (χ1v) is 10.7. The number of halogens is 2. The van der Waals surface area contributed by atoms with E-state index in [1.54, 1.807) is 24.3 Å². The van der Waals surface area contributed by atoms with Crippen LogP contribution in [-0.4, -0.2) is 20.7 Å². The highest BCUT2D eigenvalue weighted by atomic mass is 35.5. The number of carbonyl (C=O) groups excluding carboxylic acids is 1. The van der Waals surface area contributed by atoms with Crippen molar-refractivity contribution in [3.05, 3.63) is 88.2 Å². The molecule has 0 fully saturated rings. The number of thioether (sulfide) groups is 1. The Hall–Kier alpha value is -2.28. The van der Waals surface area contributed by atoms with Crippen molar-refractivity contribution in [2.24, 2.45) is 0 Å². The van der Waals surface area contributed by atoms with Gasteiger partial charge in [0.05, 0.1) is 16.1 Å². The van der Waals surface area contributed by atoms with Crippen LogP contribution in [0.5, 0.6) is 0 Å². The van der Waals surface area contributed by atoms with E-state index in [0.717, 1.165) is 10.7 Å². The maximum atomic E-state index is 12.5. The second kappa shape index (κ2) is 9.96. The maximum Gasteiger partial charge on any atom is 0.251 e. The minimum Gasteiger partial charge on any atom is -0.342 e. The molecule has 1 heterocycles. The molecule has 5 nitrogen and oxygen atoms in total. The van der Waals surface area contributed by atoms with Crippen molar-refractivity contribution in [3.8, 4) is 0 Å². The monoisotopic (exact) mass is 446 g/mol. The number of carbonyl (C=O) groups is 1. The van der Waals surface area contributed by atoms with Crippen LogP contribution in [0.3, 0.4) is 0 Å².